The van der Waals surface area contributed by atoms with Crippen LogP contribution in [-0.4, -0.2) is 24.7 Å². The highest BCUT2D eigenvalue weighted by molar-refractivity contribution is 5.63. The maximum absolute atomic E-state index is 5.71. The molecule has 0 aromatic carbocycles. The minimum atomic E-state index is 0.684. The first-order valence-corrected chi connectivity index (χ1v) is 4.85. The van der Waals surface area contributed by atoms with Crippen molar-refractivity contribution in [1.82, 2.24) is 4.98 Å². The van der Waals surface area contributed by atoms with Crippen molar-refractivity contribution in [3.8, 4) is 0 Å². The topological polar surface area (TPSA) is 60.2 Å². The number of nitrogen functional groups attached to an aromatic ring is 1. The smallest absolute Gasteiger partial charge is 0.0736 e. The van der Waals surface area contributed by atoms with E-state index in [1.165, 1.54) is 0 Å². The van der Waals surface area contributed by atoms with E-state index in [4.69, 9.17) is 10.5 Å². The van der Waals surface area contributed by atoms with Crippen LogP contribution in [0.25, 0.3) is 0 Å². The number of pyridine rings is 1. The van der Waals surface area contributed by atoms with Gasteiger partial charge in [-0.3, -0.25) is 4.98 Å². The summed E-state index contributed by atoms with van der Waals surface area (Å²) in [5.74, 6) is 0. The molecule has 1 rings (SSSR count). The maximum Gasteiger partial charge on any atom is 0.0736 e. The Hall–Kier alpha value is -1.29. The third kappa shape index (κ3) is 3.62. The molecule has 0 radical (unpaired) electrons. The van der Waals surface area contributed by atoms with Crippen molar-refractivity contribution in [3.05, 3.63) is 18.5 Å². The quantitative estimate of drug-likeness (QED) is 0.675. The first-order chi connectivity index (χ1) is 6.84. The van der Waals surface area contributed by atoms with Gasteiger partial charge < -0.3 is 15.8 Å². The molecule has 3 N–H and O–H groups in total. The molecule has 0 unspecified atom stereocenters. The normalized spacial score (nSPS) is 10.1. The monoisotopic (exact) mass is 195 g/mol. The molecule has 0 bridgehead atoms. The van der Waals surface area contributed by atoms with E-state index in [1.54, 1.807) is 12.4 Å². The summed E-state index contributed by atoms with van der Waals surface area (Å²) in [6.45, 7) is 4.42. The molecular weight excluding hydrogens is 178 g/mol. The predicted octanol–water partition coefficient (Wildman–Crippen LogP) is 1.50. The van der Waals surface area contributed by atoms with Crippen molar-refractivity contribution in [3.63, 3.8) is 0 Å². The second kappa shape index (κ2) is 6.21. The summed E-state index contributed by atoms with van der Waals surface area (Å²) in [6, 6.07) is 1.87. The molecule has 0 spiro atoms. The molecule has 0 saturated carbocycles. The minimum absolute atomic E-state index is 0.684. The van der Waals surface area contributed by atoms with Gasteiger partial charge >= 0.3 is 0 Å². The van der Waals surface area contributed by atoms with E-state index >= 15 is 0 Å². The molecule has 0 fully saturated rings. The van der Waals surface area contributed by atoms with Crippen LogP contribution in [0, 0.1) is 0 Å². The van der Waals surface area contributed by atoms with Crippen molar-refractivity contribution < 1.29 is 4.74 Å². The highest BCUT2D eigenvalue weighted by Crippen LogP contribution is 2.14. The number of anilines is 2. The van der Waals surface area contributed by atoms with Crippen LogP contribution in [0.2, 0.25) is 0 Å². The molecule has 1 aromatic heterocycles. The van der Waals surface area contributed by atoms with E-state index in [9.17, 15) is 0 Å². The Morgan fingerprint density at radius 1 is 1.57 bits per heavy atom. The van der Waals surface area contributed by atoms with Crippen LogP contribution in [0.4, 0.5) is 11.4 Å². The second-order valence-electron chi connectivity index (χ2n) is 2.94. The van der Waals surface area contributed by atoms with E-state index in [-0.39, 0.29) is 0 Å². The molecule has 0 amide bonds. The fourth-order valence-corrected chi connectivity index (χ4v) is 1.11. The molecule has 0 aliphatic heterocycles. The summed E-state index contributed by atoms with van der Waals surface area (Å²) in [5.41, 5.74) is 7.33. The van der Waals surface area contributed by atoms with Crippen LogP contribution >= 0.6 is 0 Å². The number of rotatable bonds is 6. The van der Waals surface area contributed by atoms with Gasteiger partial charge in [-0.2, -0.15) is 0 Å². The largest absolute Gasteiger partial charge is 0.396 e. The van der Waals surface area contributed by atoms with E-state index in [0.29, 0.717) is 5.69 Å². The van der Waals surface area contributed by atoms with Crippen molar-refractivity contribution in [1.29, 1.82) is 0 Å². The summed E-state index contributed by atoms with van der Waals surface area (Å²) >= 11 is 0. The predicted molar refractivity (Wildman–Crippen MR) is 58.2 cm³/mol. The summed E-state index contributed by atoms with van der Waals surface area (Å²) in [6.07, 6.45) is 4.35. The standard InChI is InChI=1S/C10H17N3O/c1-2-14-7-3-5-13-10-4-6-12-8-9(10)11/h4,6,8H,2-3,5,7,11H2,1H3,(H,12,13). The van der Waals surface area contributed by atoms with Gasteiger partial charge in [-0.25, -0.2) is 0 Å². The van der Waals surface area contributed by atoms with E-state index in [2.05, 4.69) is 10.3 Å². The number of nitrogens with two attached hydrogens (primary N) is 1. The zero-order valence-electron chi connectivity index (χ0n) is 8.49. The zero-order valence-corrected chi connectivity index (χ0v) is 8.49. The first kappa shape index (κ1) is 10.8. The molecule has 4 heteroatoms. The number of nitrogens with zero attached hydrogens (tertiary/aromatic N) is 1. The van der Waals surface area contributed by atoms with Gasteiger partial charge in [-0.15, -0.1) is 0 Å². The lowest BCUT2D eigenvalue weighted by Crippen LogP contribution is -2.07. The summed E-state index contributed by atoms with van der Waals surface area (Å²) in [7, 11) is 0. The van der Waals surface area contributed by atoms with Crippen LogP contribution in [0.3, 0.4) is 0 Å². The van der Waals surface area contributed by atoms with Gasteiger partial charge in [0.1, 0.15) is 0 Å². The van der Waals surface area contributed by atoms with Crippen molar-refractivity contribution >= 4 is 11.4 Å². The Balaban J connectivity index is 2.21. The van der Waals surface area contributed by atoms with Crippen LogP contribution in [0.1, 0.15) is 13.3 Å². The van der Waals surface area contributed by atoms with Gasteiger partial charge in [-0.1, -0.05) is 0 Å². The Morgan fingerprint density at radius 3 is 3.14 bits per heavy atom. The lowest BCUT2D eigenvalue weighted by atomic mass is 10.3. The third-order valence-corrected chi connectivity index (χ3v) is 1.84. The number of ether oxygens (including phenoxy) is 1. The molecule has 4 nitrogen and oxygen atoms in total. The van der Waals surface area contributed by atoms with Crippen LogP contribution in [0.5, 0.6) is 0 Å². The van der Waals surface area contributed by atoms with E-state index < -0.39 is 0 Å². The molecule has 0 aliphatic carbocycles. The number of hydrogen-bond donors (Lipinski definition) is 2. The lowest BCUT2D eigenvalue weighted by Gasteiger charge is -2.08. The molecule has 0 aliphatic rings. The number of nitrogens with one attached hydrogen (secondary N) is 1. The van der Waals surface area contributed by atoms with Crippen LogP contribution in [-0.2, 0) is 4.74 Å². The van der Waals surface area contributed by atoms with Crippen LogP contribution in [0.15, 0.2) is 18.5 Å². The molecule has 0 saturated heterocycles. The highest BCUT2D eigenvalue weighted by atomic mass is 16.5. The molecule has 14 heavy (non-hydrogen) atoms. The SMILES string of the molecule is CCOCCCNc1ccncc1N. The third-order valence-electron chi connectivity index (χ3n) is 1.84. The van der Waals surface area contributed by atoms with E-state index in [0.717, 1.165) is 31.9 Å². The van der Waals surface area contributed by atoms with Crippen molar-refractivity contribution in [2.75, 3.05) is 30.8 Å². The average molecular weight is 195 g/mol. The zero-order chi connectivity index (χ0) is 10.2. The van der Waals surface area contributed by atoms with E-state index in [1.807, 2.05) is 13.0 Å². The van der Waals surface area contributed by atoms with Gasteiger partial charge in [0.25, 0.3) is 0 Å². The summed E-state index contributed by atoms with van der Waals surface area (Å²) < 4.78 is 5.22. The van der Waals surface area contributed by atoms with Crippen molar-refractivity contribution in [2.45, 2.75) is 13.3 Å². The first-order valence-electron chi connectivity index (χ1n) is 4.85. The van der Waals surface area contributed by atoms with Crippen molar-refractivity contribution in [2.24, 2.45) is 0 Å². The highest BCUT2D eigenvalue weighted by Gasteiger charge is 1.95. The molecular formula is C10H17N3O. The van der Waals surface area contributed by atoms with Crippen LogP contribution < -0.4 is 11.1 Å². The van der Waals surface area contributed by atoms with Gasteiger partial charge in [0, 0.05) is 26.0 Å². The Kier molecular flexibility index (Phi) is 4.78. The second-order valence-corrected chi connectivity index (χ2v) is 2.94. The number of aromatic nitrogens is 1. The Morgan fingerprint density at radius 2 is 2.43 bits per heavy atom. The van der Waals surface area contributed by atoms with Gasteiger partial charge in [0.2, 0.25) is 0 Å². The average Bonchev–Trinajstić information content (AvgIpc) is 2.20. The molecule has 1 aromatic rings. The summed E-state index contributed by atoms with van der Waals surface area (Å²) in [5, 5.41) is 3.23. The molecule has 0 atom stereocenters. The number of hydrogen-bond acceptors (Lipinski definition) is 4. The molecule has 78 valence electrons. The minimum Gasteiger partial charge on any atom is -0.396 e. The van der Waals surface area contributed by atoms with Gasteiger partial charge in [0.05, 0.1) is 17.6 Å². The van der Waals surface area contributed by atoms with Gasteiger partial charge in [-0.05, 0) is 19.4 Å². The Bertz CT molecular complexity index is 265. The summed E-state index contributed by atoms with van der Waals surface area (Å²) in [4.78, 5) is 3.91. The fourth-order valence-electron chi connectivity index (χ4n) is 1.11. The van der Waals surface area contributed by atoms with Gasteiger partial charge in [0.15, 0.2) is 0 Å². The lowest BCUT2D eigenvalue weighted by molar-refractivity contribution is 0.147. The maximum atomic E-state index is 5.71. The Labute approximate surface area is 84.5 Å². The fraction of sp³-hybridized carbons (Fsp3) is 0.500. The molecule has 1 heterocycles.